The first-order valence-corrected chi connectivity index (χ1v) is 21.8. The Morgan fingerprint density at radius 3 is 1.64 bits per heavy atom. The van der Waals surface area contributed by atoms with Crippen molar-refractivity contribution in [2.45, 2.75) is 185 Å². The molecule has 1 aliphatic carbocycles. The van der Waals surface area contributed by atoms with Crippen molar-refractivity contribution in [2.24, 2.45) is 59.2 Å². The molecule has 0 aromatic heterocycles. The van der Waals surface area contributed by atoms with Crippen LogP contribution in [0.5, 0.6) is 0 Å². The van der Waals surface area contributed by atoms with Crippen LogP contribution in [0.25, 0.3) is 0 Å². The molecule has 9 heteroatoms. The Bertz CT molecular complexity index is 1360. The summed E-state index contributed by atoms with van der Waals surface area (Å²) in [6.07, 6.45) is 7.57. The molecule has 1 saturated carbocycles. The van der Waals surface area contributed by atoms with Gasteiger partial charge in [0.1, 0.15) is 40.5 Å². The zero-order chi connectivity index (χ0) is 42.7. The second-order valence-electron chi connectivity index (χ2n) is 18.3. The predicted molar refractivity (Wildman–Crippen MR) is 220 cm³/mol. The van der Waals surface area contributed by atoms with Crippen LogP contribution in [0.15, 0.2) is 0 Å². The van der Waals surface area contributed by atoms with Crippen LogP contribution in [0, 0.1) is 59.2 Å². The summed E-state index contributed by atoms with van der Waals surface area (Å²) in [5.41, 5.74) is 0. The molecule has 0 aliphatic heterocycles. The average Bonchev–Trinajstić information content (AvgIpc) is 3.60. The quantitative estimate of drug-likeness (QED) is 0.0607. The summed E-state index contributed by atoms with van der Waals surface area (Å²) in [6.45, 7) is 18.3. The van der Waals surface area contributed by atoms with E-state index in [0.717, 1.165) is 6.42 Å². The summed E-state index contributed by atoms with van der Waals surface area (Å²) < 4.78 is 0. The summed E-state index contributed by atoms with van der Waals surface area (Å²) in [7, 11) is 0. The minimum absolute atomic E-state index is 0.0260. The van der Waals surface area contributed by atoms with Gasteiger partial charge in [0.15, 0.2) is 5.78 Å². The molecule has 1 fully saturated rings. The van der Waals surface area contributed by atoms with Gasteiger partial charge in [-0.1, -0.05) is 54.4 Å². The predicted octanol–water partition coefficient (Wildman–Crippen LogP) is 9.50. The fourth-order valence-electron chi connectivity index (χ4n) is 8.83. The number of Topliss-reactive ketones (excluding diaryl/α,β-unsaturated/α-hetero) is 9. The third-order valence-corrected chi connectivity index (χ3v) is 12.4. The van der Waals surface area contributed by atoms with Gasteiger partial charge in [0.05, 0.1) is 0 Å². The molecule has 0 aromatic rings. The van der Waals surface area contributed by atoms with Crippen molar-refractivity contribution in [3.63, 3.8) is 0 Å². The Balaban J connectivity index is 3.17. The molecular weight excluding hydrogens is 709 g/mol. The van der Waals surface area contributed by atoms with Crippen LogP contribution in [0.2, 0.25) is 0 Å². The van der Waals surface area contributed by atoms with E-state index in [1.807, 2.05) is 20.8 Å². The summed E-state index contributed by atoms with van der Waals surface area (Å²) in [5, 5.41) is 0. The van der Waals surface area contributed by atoms with E-state index >= 15 is 0 Å². The highest BCUT2D eigenvalue weighted by atomic mass is 16.2. The Labute approximate surface area is 338 Å². The van der Waals surface area contributed by atoms with E-state index in [4.69, 9.17) is 0 Å². The normalized spacial score (nSPS) is 18.9. The molecule has 0 bridgehead atoms. The second-order valence-corrected chi connectivity index (χ2v) is 18.3. The molecule has 1 rings (SSSR count). The van der Waals surface area contributed by atoms with Crippen LogP contribution >= 0.6 is 0 Å². The van der Waals surface area contributed by atoms with Gasteiger partial charge in [-0.3, -0.25) is 24.0 Å². The first kappa shape index (κ1) is 51.0. The number of hydrogen-bond donors (Lipinski definition) is 0. The van der Waals surface area contributed by atoms with E-state index in [-0.39, 0.29) is 103 Å². The third kappa shape index (κ3) is 19.0. The molecule has 9 nitrogen and oxygen atoms in total. The lowest BCUT2D eigenvalue weighted by Crippen LogP contribution is -2.34. The van der Waals surface area contributed by atoms with Crippen molar-refractivity contribution in [2.75, 3.05) is 0 Å². The molecule has 56 heavy (non-hydrogen) atoms. The maximum atomic E-state index is 14.3. The number of carbonyl (C=O) groups excluding carboxylic acids is 9. The highest BCUT2D eigenvalue weighted by Gasteiger charge is 2.42. The molecule has 0 aromatic carbocycles. The van der Waals surface area contributed by atoms with E-state index in [0.29, 0.717) is 76.5 Å². The van der Waals surface area contributed by atoms with Crippen molar-refractivity contribution in [1.29, 1.82) is 0 Å². The van der Waals surface area contributed by atoms with E-state index in [1.54, 1.807) is 6.92 Å². The lowest BCUT2D eigenvalue weighted by Gasteiger charge is -2.31. The number of hydrogen-bond acceptors (Lipinski definition) is 9. The molecule has 0 N–H and O–H groups in total. The van der Waals surface area contributed by atoms with Gasteiger partial charge >= 0.3 is 0 Å². The van der Waals surface area contributed by atoms with Crippen molar-refractivity contribution in [3.05, 3.63) is 0 Å². The molecule has 8 unspecified atom stereocenters. The van der Waals surface area contributed by atoms with Crippen LogP contribution in [0.3, 0.4) is 0 Å². The van der Waals surface area contributed by atoms with Gasteiger partial charge in [-0.2, -0.15) is 0 Å². The number of ketones is 9. The maximum absolute atomic E-state index is 14.3. The average molecular weight is 785 g/mol. The second kappa shape index (κ2) is 26.1. The van der Waals surface area contributed by atoms with Gasteiger partial charge in [0.2, 0.25) is 5.78 Å². The minimum Gasteiger partial charge on any atom is -0.300 e. The summed E-state index contributed by atoms with van der Waals surface area (Å²) in [4.78, 5) is 116. The van der Waals surface area contributed by atoms with Crippen molar-refractivity contribution >= 4 is 52.0 Å². The Morgan fingerprint density at radius 1 is 0.536 bits per heavy atom. The smallest absolute Gasteiger partial charge is 0.201 e. The number of rotatable bonds is 32. The van der Waals surface area contributed by atoms with Crippen LogP contribution in [0.1, 0.15) is 185 Å². The lowest BCUT2D eigenvalue weighted by atomic mass is 9.73. The van der Waals surface area contributed by atoms with E-state index in [1.165, 1.54) is 20.8 Å². The molecule has 8 atom stereocenters. The van der Waals surface area contributed by atoms with Crippen LogP contribution in [-0.4, -0.2) is 52.0 Å². The fourth-order valence-corrected chi connectivity index (χ4v) is 8.83. The maximum Gasteiger partial charge on any atom is 0.201 e. The van der Waals surface area contributed by atoms with Crippen LogP contribution in [0.4, 0.5) is 0 Å². The highest BCUT2D eigenvalue weighted by Crippen LogP contribution is 2.40. The molecule has 0 heterocycles. The summed E-state index contributed by atoms with van der Waals surface area (Å²) >= 11 is 0. The SMILES string of the molecule is CCCC(CC(=O)C1CCCC1C(=O)C(CCC(CC(C)C(CCC(C)=O)CC(=O)C(CCC(C)=O)CC(C)=O)C(C)C)CC(C)=O)C(=O)C(=O)CCC(C)C. The van der Waals surface area contributed by atoms with Gasteiger partial charge in [-0.15, -0.1) is 0 Å². The molecular formula is C47H76O9. The number of carbonyl (C=O) groups is 9. The highest BCUT2D eigenvalue weighted by molar-refractivity contribution is 6.38. The zero-order valence-corrected chi connectivity index (χ0v) is 36.7. The fraction of sp³-hybridized carbons (Fsp3) is 0.809. The minimum atomic E-state index is -0.666. The van der Waals surface area contributed by atoms with Gasteiger partial charge < -0.3 is 19.2 Å². The van der Waals surface area contributed by atoms with E-state index in [2.05, 4.69) is 20.8 Å². The third-order valence-electron chi connectivity index (χ3n) is 12.4. The van der Waals surface area contributed by atoms with Crippen molar-refractivity contribution in [3.8, 4) is 0 Å². The van der Waals surface area contributed by atoms with Crippen molar-refractivity contribution in [1.82, 2.24) is 0 Å². The van der Waals surface area contributed by atoms with E-state index in [9.17, 15) is 43.2 Å². The Kier molecular flexibility index (Phi) is 23.8. The molecule has 1 aliphatic rings. The topological polar surface area (TPSA) is 154 Å². The van der Waals surface area contributed by atoms with Gasteiger partial charge in [0.25, 0.3) is 0 Å². The zero-order valence-electron chi connectivity index (χ0n) is 36.7. The summed E-state index contributed by atoms with van der Waals surface area (Å²) in [5.74, 6) is -3.34. The molecule has 0 spiro atoms. The molecule has 0 radical (unpaired) electrons. The van der Waals surface area contributed by atoms with Gasteiger partial charge in [0, 0.05) is 74.5 Å². The Morgan fingerprint density at radius 2 is 1.11 bits per heavy atom. The monoisotopic (exact) mass is 785 g/mol. The first-order valence-electron chi connectivity index (χ1n) is 21.8. The first-order chi connectivity index (χ1) is 26.2. The molecule has 0 amide bonds. The van der Waals surface area contributed by atoms with Gasteiger partial charge in [-0.25, -0.2) is 0 Å². The van der Waals surface area contributed by atoms with Crippen molar-refractivity contribution < 1.29 is 43.2 Å². The van der Waals surface area contributed by atoms with Crippen LogP contribution in [-0.2, 0) is 43.2 Å². The largest absolute Gasteiger partial charge is 0.300 e. The molecule has 318 valence electrons. The standard InChI is InChI=1S/C47H76O9/c1-11-13-39(47(56)43(52)23-16-29(2)3)28-45(54)41-14-12-15-42(41)46(55)40(26-35(10)51)22-21-36(30(4)5)24-31(6)37(19-17-32(7)48)27-44(53)38(25-34(9)50)20-18-33(8)49/h29-31,36-42H,11-28H2,1-10H3. The summed E-state index contributed by atoms with van der Waals surface area (Å²) in [6, 6.07) is 0. The molecule has 0 saturated heterocycles. The Hall–Kier alpha value is -2.97. The van der Waals surface area contributed by atoms with Gasteiger partial charge in [-0.05, 0) is 115 Å². The lowest BCUT2D eigenvalue weighted by molar-refractivity contribution is -0.141. The van der Waals surface area contributed by atoms with Crippen LogP contribution < -0.4 is 0 Å². The van der Waals surface area contributed by atoms with E-state index < -0.39 is 41.2 Å².